The average molecular weight is 319 g/mol. The zero-order valence-electron chi connectivity index (χ0n) is 13.1. The lowest BCUT2D eigenvalue weighted by Crippen LogP contribution is -2.40. The number of halogens is 2. The summed E-state index contributed by atoms with van der Waals surface area (Å²) in [6, 6.07) is 5.22. The Morgan fingerprint density at radius 2 is 1.95 bits per heavy atom. The van der Waals surface area contributed by atoms with Gasteiger partial charge in [0.25, 0.3) is 6.43 Å². The van der Waals surface area contributed by atoms with E-state index in [-0.39, 0.29) is 10.8 Å². The molecule has 0 aliphatic heterocycles. The number of aryl methyl sites for hydroxylation is 1. The van der Waals surface area contributed by atoms with E-state index in [2.05, 4.69) is 4.72 Å². The topological polar surface area (TPSA) is 44.3 Å². The Morgan fingerprint density at radius 3 is 2.43 bits per heavy atom. The lowest BCUT2D eigenvalue weighted by atomic mass is 10.1. The van der Waals surface area contributed by atoms with Crippen molar-refractivity contribution in [2.45, 2.75) is 51.8 Å². The highest BCUT2D eigenvalue weighted by molar-refractivity contribution is 7.90. The molecule has 120 valence electrons. The molecule has 6 heteroatoms. The molecule has 0 saturated heterocycles. The number of alkyl halides is 2. The van der Waals surface area contributed by atoms with Crippen LogP contribution >= 0.6 is 0 Å². The molecule has 0 aliphatic rings. The Bertz CT molecular complexity index is 463. The summed E-state index contributed by atoms with van der Waals surface area (Å²) in [7, 11) is 0. The van der Waals surface area contributed by atoms with Gasteiger partial charge < -0.3 is 9.29 Å². The van der Waals surface area contributed by atoms with Gasteiger partial charge in [0.15, 0.2) is 0 Å². The van der Waals surface area contributed by atoms with Crippen molar-refractivity contribution >= 4 is 11.4 Å². The maximum atomic E-state index is 12.1. The van der Waals surface area contributed by atoms with Crippen LogP contribution in [0.25, 0.3) is 0 Å². The Morgan fingerprint density at radius 1 is 1.33 bits per heavy atom. The first-order valence-corrected chi connectivity index (χ1v) is 7.95. The van der Waals surface area contributed by atoms with E-state index in [1.165, 1.54) is 0 Å². The monoisotopic (exact) mass is 319 g/mol. The molecule has 0 aromatic heterocycles. The lowest BCUT2D eigenvalue weighted by molar-refractivity contribution is 0.0815. The SMILES string of the molecule is Cc1cc([C@@H](C)N[S@+]([O-])C(C)(C)C)ccc1OCC(F)F. The van der Waals surface area contributed by atoms with Gasteiger partial charge in [-0.2, -0.15) is 0 Å². The van der Waals surface area contributed by atoms with E-state index in [4.69, 9.17) is 4.74 Å². The van der Waals surface area contributed by atoms with E-state index in [1.54, 1.807) is 19.1 Å². The highest BCUT2D eigenvalue weighted by Gasteiger charge is 2.28. The normalized spacial score (nSPS) is 15.1. The Balaban J connectivity index is 2.74. The third kappa shape index (κ3) is 5.80. The first-order chi connectivity index (χ1) is 9.61. The molecule has 0 heterocycles. The first-order valence-electron chi connectivity index (χ1n) is 6.81. The molecule has 3 nitrogen and oxygen atoms in total. The Hall–Kier alpha value is -0.850. The van der Waals surface area contributed by atoms with Gasteiger partial charge in [-0.05, 0) is 51.8 Å². The predicted octanol–water partition coefficient (Wildman–Crippen LogP) is 3.75. The van der Waals surface area contributed by atoms with Gasteiger partial charge in [0, 0.05) is 11.4 Å². The van der Waals surface area contributed by atoms with Crippen LogP contribution in [-0.2, 0) is 11.4 Å². The molecule has 2 atom stereocenters. The maximum absolute atomic E-state index is 12.1. The smallest absolute Gasteiger partial charge is 0.272 e. The number of ether oxygens (including phenoxy) is 1. The second-order valence-corrected chi connectivity index (χ2v) is 7.95. The highest BCUT2D eigenvalue weighted by atomic mass is 32.2. The minimum absolute atomic E-state index is 0.104. The third-order valence-corrected chi connectivity index (χ3v) is 4.58. The molecule has 0 spiro atoms. The second-order valence-electron chi connectivity index (χ2n) is 5.95. The number of hydrogen-bond donors (Lipinski definition) is 1. The fourth-order valence-electron chi connectivity index (χ4n) is 1.66. The minimum Gasteiger partial charge on any atom is -0.598 e. The quantitative estimate of drug-likeness (QED) is 0.812. The molecule has 0 amide bonds. The molecule has 0 unspecified atom stereocenters. The summed E-state index contributed by atoms with van der Waals surface area (Å²) in [6.45, 7) is 8.80. The van der Waals surface area contributed by atoms with Crippen molar-refractivity contribution in [1.82, 2.24) is 4.72 Å². The molecule has 0 bridgehead atoms. The van der Waals surface area contributed by atoms with Crippen LogP contribution in [0, 0.1) is 6.92 Å². The number of benzene rings is 1. The van der Waals surface area contributed by atoms with Gasteiger partial charge in [-0.15, -0.1) is 4.72 Å². The van der Waals surface area contributed by atoms with E-state index < -0.39 is 24.4 Å². The maximum Gasteiger partial charge on any atom is 0.272 e. The molecule has 0 radical (unpaired) electrons. The van der Waals surface area contributed by atoms with Gasteiger partial charge in [0.1, 0.15) is 17.1 Å². The highest BCUT2D eigenvalue weighted by Crippen LogP contribution is 2.25. The van der Waals surface area contributed by atoms with Gasteiger partial charge >= 0.3 is 0 Å². The lowest BCUT2D eigenvalue weighted by Gasteiger charge is -2.26. The van der Waals surface area contributed by atoms with E-state index in [0.717, 1.165) is 11.1 Å². The van der Waals surface area contributed by atoms with Crippen molar-refractivity contribution in [2.75, 3.05) is 6.61 Å². The summed E-state index contributed by atoms with van der Waals surface area (Å²) in [5.41, 5.74) is 1.72. The molecule has 1 N–H and O–H groups in total. The van der Waals surface area contributed by atoms with Gasteiger partial charge in [-0.25, -0.2) is 8.78 Å². The van der Waals surface area contributed by atoms with Gasteiger partial charge in [-0.1, -0.05) is 12.1 Å². The van der Waals surface area contributed by atoms with Gasteiger partial charge in [-0.3, -0.25) is 0 Å². The molecular formula is C15H23F2NO2S. The van der Waals surface area contributed by atoms with Crippen LogP contribution in [0.3, 0.4) is 0 Å². The zero-order valence-corrected chi connectivity index (χ0v) is 13.9. The summed E-state index contributed by atoms with van der Waals surface area (Å²) in [6.07, 6.45) is -2.49. The predicted molar refractivity (Wildman–Crippen MR) is 82.1 cm³/mol. The van der Waals surface area contributed by atoms with Crippen molar-refractivity contribution in [3.05, 3.63) is 29.3 Å². The van der Waals surface area contributed by atoms with Crippen molar-refractivity contribution < 1.29 is 18.1 Å². The summed E-state index contributed by atoms with van der Waals surface area (Å²) in [5, 5.41) is 0. The van der Waals surface area contributed by atoms with Crippen LogP contribution in [0.1, 0.15) is 44.9 Å². The molecular weight excluding hydrogens is 296 g/mol. The fraction of sp³-hybridized carbons (Fsp3) is 0.600. The number of hydrogen-bond acceptors (Lipinski definition) is 3. The van der Waals surface area contributed by atoms with Crippen LogP contribution < -0.4 is 9.46 Å². The number of nitrogens with one attached hydrogen (secondary N) is 1. The van der Waals surface area contributed by atoms with E-state index in [1.807, 2.05) is 33.8 Å². The van der Waals surface area contributed by atoms with Crippen LogP contribution in [0.15, 0.2) is 18.2 Å². The molecule has 1 aromatic carbocycles. The van der Waals surface area contributed by atoms with Crippen LogP contribution in [0.4, 0.5) is 8.78 Å². The molecule has 0 saturated carbocycles. The minimum atomic E-state index is -2.49. The standard InChI is InChI=1S/C15H23F2NO2S/c1-10-8-12(6-7-13(10)20-9-14(16)17)11(2)18-21(19)15(3,4)5/h6-8,11,14,18H,9H2,1-5H3/t11-,21-/m1/s1. The second kappa shape index (κ2) is 7.42. The third-order valence-electron chi connectivity index (χ3n) is 2.90. The fourth-order valence-corrected chi connectivity index (χ4v) is 2.47. The van der Waals surface area contributed by atoms with Crippen LogP contribution in [0.5, 0.6) is 5.75 Å². The van der Waals surface area contributed by atoms with Crippen molar-refractivity contribution in [3.8, 4) is 5.75 Å². The summed E-state index contributed by atoms with van der Waals surface area (Å²) < 4.78 is 44.1. The molecule has 0 fully saturated rings. The van der Waals surface area contributed by atoms with E-state index in [9.17, 15) is 13.3 Å². The van der Waals surface area contributed by atoms with Crippen molar-refractivity contribution in [2.24, 2.45) is 0 Å². The van der Waals surface area contributed by atoms with Gasteiger partial charge in [0.05, 0.1) is 6.04 Å². The van der Waals surface area contributed by atoms with Gasteiger partial charge in [0.2, 0.25) is 0 Å². The first kappa shape index (κ1) is 18.2. The number of rotatable bonds is 6. The molecule has 21 heavy (non-hydrogen) atoms. The molecule has 1 aromatic rings. The summed E-state index contributed by atoms with van der Waals surface area (Å²) in [4.78, 5) is 0. The summed E-state index contributed by atoms with van der Waals surface area (Å²) in [5.74, 6) is 0.447. The Labute approximate surface area is 128 Å². The Kier molecular flexibility index (Phi) is 6.43. The average Bonchev–Trinajstić information content (AvgIpc) is 2.35. The zero-order chi connectivity index (χ0) is 16.2. The van der Waals surface area contributed by atoms with E-state index in [0.29, 0.717) is 5.75 Å². The van der Waals surface area contributed by atoms with Crippen molar-refractivity contribution in [3.63, 3.8) is 0 Å². The van der Waals surface area contributed by atoms with Crippen LogP contribution in [0.2, 0.25) is 0 Å². The largest absolute Gasteiger partial charge is 0.598 e. The van der Waals surface area contributed by atoms with Crippen molar-refractivity contribution in [1.29, 1.82) is 0 Å². The summed E-state index contributed by atoms with van der Waals surface area (Å²) >= 11 is -1.17. The molecule has 0 aliphatic carbocycles. The molecule has 1 rings (SSSR count). The van der Waals surface area contributed by atoms with E-state index >= 15 is 0 Å². The van der Waals surface area contributed by atoms with Crippen LogP contribution in [-0.4, -0.2) is 22.3 Å².